The van der Waals surface area contributed by atoms with Crippen LogP contribution in [0.5, 0.6) is 0 Å². The average molecular weight is 302 g/mol. The van der Waals surface area contributed by atoms with Crippen molar-refractivity contribution in [1.82, 2.24) is 5.32 Å². The van der Waals surface area contributed by atoms with Crippen LogP contribution < -0.4 is 5.32 Å². The second-order valence-corrected chi connectivity index (χ2v) is 5.50. The van der Waals surface area contributed by atoms with Gasteiger partial charge in [0.2, 0.25) is 0 Å². The molecule has 0 heterocycles. The predicted octanol–water partition coefficient (Wildman–Crippen LogP) is 3.29. The van der Waals surface area contributed by atoms with E-state index >= 15 is 0 Å². The van der Waals surface area contributed by atoms with E-state index in [0.29, 0.717) is 12.1 Å². The molecule has 0 aliphatic carbocycles. The zero-order valence-corrected chi connectivity index (χ0v) is 11.9. The van der Waals surface area contributed by atoms with Crippen LogP contribution in [0.25, 0.3) is 0 Å². The average Bonchev–Trinajstić information content (AvgIpc) is 2.29. The first-order chi connectivity index (χ1) is 7.85. The minimum atomic E-state index is -0.388. The first-order valence-corrected chi connectivity index (χ1v) is 6.58. The lowest BCUT2D eigenvalue weighted by Gasteiger charge is -2.22. The van der Waals surface area contributed by atoms with Gasteiger partial charge in [0.05, 0.1) is 0 Å². The van der Waals surface area contributed by atoms with Gasteiger partial charge in [0.15, 0.2) is 0 Å². The molecule has 1 rings (SSSR count). The number of aryl methyl sites for hydroxylation is 1. The van der Waals surface area contributed by atoms with Gasteiger partial charge in [0, 0.05) is 17.4 Å². The van der Waals surface area contributed by atoms with Crippen LogP contribution in [-0.2, 0) is 0 Å². The van der Waals surface area contributed by atoms with E-state index in [0.717, 1.165) is 10.9 Å². The Balaban J connectivity index is 2.74. The fourth-order valence-electron chi connectivity index (χ4n) is 1.30. The first kappa shape index (κ1) is 14.2. The maximum absolute atomic E-state index is 13.1. The van der Waals surface area contributed by atoms with E-state index in [-0.39, 0.29) is 17.1 Å². The number of nitrogens with one attached hydrogen (secondary N) is 1. The number of hydrogen-bond acceptors (Lipinski definition) is 1. The lowest BCUT2D eigenvalue weighted by Crippen LogP contribution is -2.35. The molecular weight excluding hydrogens is 285 g/mol. The second kappa shape index (κ2) is 5.63. The van der Waals surface area contributed by atoms with Gasteiger partial charge >= 0.3 is 0 Å². The summed E-state index contributed by atoms with van der Waals surface area (Å²) in [5.41, 5.74) is 1.16. The summed E-state index contributed by atoms with van der Waals surface area (Å²) in [4.78, 5) is 11.9. The van der Waals surface area contributed by atoms with E-state index in [1.165, 1.54) is 12.1 Å². The van der Waals surface area contributed by atoms with Crippen molar-refractivity contribution < 1.29 is 9.18 Å². The van der Waals surface area contributed by atoms with Crippen LogP contribution in [0.4, 0.5) is 4.39 Å². The van der Waals surface area contributed by atoms with Gasteiger partial charge in [-0.05, 0) is 30.0 Å². The summed E-state index contributed by atoms with van der Waals surface area (Å²) in [5.74, 6) is -0.614. The number of hydrogen-bond donors (Lipinski definition) is 1. The van der Waals surface area contributed by atoms with Gasteiger partial charge in [0.25, 0.3) is 5.91 Å². The molecule has 0 saturated carbocycles. The highest BCUT2D eigenvalue weighted by atomic mass is 79.9. The molecule has 1 aromatic rings. The molecule has 4 heteroatoms. The summed E-state index contributed by atoms with van der Waals surface area (Å²) >= 11 is 3.39. The molecule has 1 amide bonds. The summed E-state index contributed by atoms with van der Waals surface area (Å²) in [7, 11) is 0. The Morgan fingerprint density at radius 2 is 2.12 bits per heavy atom. The van der Waals surface area contributed by atoms with Gasteiger partial charge in [-0.3, -0.25) is 4.79 Å². The van der Waals surface area contributed by atoms with Crippen LogP contribution in [0.1, 0.15) is 29.8 Å². The van der Waals surface area contributed by atoms with Crippen molar-refractivity contribution in [3.63, 3.8) is 0 Å². The van der Waals surface area contributed by atoms with E-state index < -0.39 is 0 Å². The normalized spacial score (nSPS) is 11.4. The molecule has 0 saturated heterocycles. The molecule has 94 valence electrons. The fraction of sp³-hybridized carbons (Fsp3) is 0.462. The Kier molecular flexibility index (Phi) is 4.69. The minimum Gasteiger partial charge on any atom is -0.351 e. The molecule has 0 aromatic heterocycles. The molecule has 2 nitrogen and oxygen atoms in total. The highest BCUT2D eigenvalue weighted by Crippen LogP contribution is 2.17. The van der Waals surface area contributed by atoms with Crippen molar-refractivity contribution in [3.8, 4) is 0 Å². The summed E-state index contributed by atoms with van der Waals surface area (Å²) < 4.78 is 13.1. The lowest BCUT2D eigenvalue weighted by molar-refractivity contribution is 0.0939. The molecule has 0 fully saturated rings. The van der Waals surface area contributed by atoms with Crippen molar-refractivity contribution in [3.05, 3.63) is 35.1 Å². The zero-order valence-electron chi connectivity index (χ0n) is 10.3. The molecule has 0 unspecified atom stereocenters. The highest BCUT2D eigenvalue weighted by molar-refractivity contribution is 9.09. The first-order valence-electron chi connectivity index (χ1n) is 5.46. The molecule has 0 aliphatic rings. The van der Waals surface area contributed by atoms with Crippen molar-refractivity contribution >= 4 is 21.8 Å². The van der Waals surface area contributed by atoms with Crippen LogP contribution in [0.2, 0.25) is 0 Å². The Morgan fingerprint density at radius 1 is 1.47 bits per heavy atom. The topological polar surface area (TPSA) is 29.1 Å². The van der Waals surface area contributed by atoms with Crippen LogP contribution in [-0.4, -0.2) is 17.8 Å². The molecule has 0 spiro atoms. The standard InChI is InChI=1S/C13H17BrFNO/c1-9-4-5-10(15)6-11(9)12(17)16-8-13(2,3)7-14/h4-6H,7-8H2,1-3H3,(H,16,17). The van der Waals surface area contributed by atoms with Crippen molar-refractivity contribution in [2.24, 2.45) is 5.41 Å². The molecule has 1 aromatic carbocycles. The molecular formula is C13H17BrFNO. The lowest BCUT2D eigenvalue weighted by atomic mass is 9.96. The van der Waals surface area contributed by atoms with Crippen LogP contribution in [0, 0.1) is 18.2 Å². The zero-order chi connectivity index (χ0) is 13.1. The Bertz CT molecular complexity index is 418. The van der Waals surface area contributed by atoms with Gasteiger partial charge in [-0.2, -0.15) is 0 Å². The predicted molar refractivity (Wildman–Crippen MR) is 71.0 cm³/mol. The second-order valence-electron chi connectivity index (χ2n) is 4.94. The summed E-state index contributed by atoms with van der Waals surface area (Å²) in [5, 5.41) is 3.62. The largest absolute Gasteiger partial charge is 0.351 e. The summed E-state index contributed by atoms with van der Waals surface area (Å²) in [6, 6.07) is 4.24. The molecule has 0 bridgehead atoms. The Hall–Kier alpha value is -0.900. The van der Waals surface area contributed by atoms with E-state index in [1.807, 2.05) is 13.8 Å². The minimum absolute atomic E-state index is 0.0170. The van der Waals surface area contributed by atoms with Gasteiger partial charge in [0.1, 0.15) is 5.82 Å². The number of carbonyl (C=O) groups is 1. The Labute approximate surface area is 110 Å². The number of carbonyl (C=O) groups excluding carboxylic acids is 1. The number of alkyl halides is 1. The quantitative estimate of drug-likeness (QED) is 0.850. The molecule has 0 radical (unpaired) electrons. The van der Waals surface area contributed by atoms with E-state index in [2.05, 4.69) is 21.2 Å². The van der Waals surface area contributed by atoms with Crippen molar-refractivity contribution in [1.29, 1.82) is 0 Å². The van der Waals surface area contributed by atoms with E-state index in [4.69, 9.17) is 0 Å². The molecule has 1 N–H and O–H groups in total. The van der Waals surface area contributed by atoms with Crippen molar-refractivity contribution in [2.75, 3.05) is 11.9 Å². The number of halogens is 2. The van der Waals surface area contributed by atoms with Crippen LogP contribution in [0.15, 0.2) is 18.2 Å². The molecule has 0 atom stereocenters. The summed E-state index contributed by atoms with van der Waals surface area (Å²) in [6.07, 6.45) is 0. The van der Waals surface area contributed by atoms with Gasteiger partial charge < -0.3 is 5.32 Å². The van der Waals surface area contributed by atoms with Gasteiger partial charge in [-0.15, -0.1) is 0 Å². The van der Waals surface area contributed by atoms with E-state index in [9.17, 15) is 9.18 Å². The highest BCUT2D eigenvalue weighted by Gasteiger charge is 2.18. The maximum Gasteiger partial charge on any atom is 0.251 e. The molecule has 0 aliphatic heterocycles. The maximum atomic E-state index is 13.1. The number of benzene rings is 1. The van der Waals surface area contributed by atoms with Crippen LogP contribution in [0.3, 0.4) is 0 Å². The Morgan fingerprint density at radius 3 is 2.71 bits per heavy atom. The third-order valence-electron chi connectivity index (χ3n) is 2.53. The van der Waals surface area contributed by atoms with Gasteiger partial charge in [-0.1, -0.05) is 35.8 Å². The molecule has 17 heavy (non-hydrogen) atoms. The van der Waals surface area contributed by atoms with Gasteiger partial charge in [-0.25, -0.2) is 4.39 Å². The van der Waals surface area contributed by atoms with E-state index in [1.54, 1.807) is 13.0 Å². The summed E-state index contributed by atoms with van der Waals surface area (Å²) in [6.45, 7) is 6.43. The van der Waals surface area contributed by atoms with Crippen LogP contribution >= 0.6 is 15.9 Å². The SMILES string of the molecule is Cc1ccc(F)cc1C(=O)NCC(C)(C)CBr. The number of amides is 1. The smallest absolute Gasteiger partial charge is 0.251 e. The number of rotatable bonds is 4. The third-order valence-corrected chi connectivity index (χ3v) is 4.05. The van der Waals surface area contributed by atoms with Crippen molar-refractivity contribution in [2.45, 2.75) is 20.8 Å². The fourth-order valence-corrected chi connectivity index (χ4v) is 1.50. The monoisotopic (exact) mass is 301 g/mol. The third kappa shape index (κ3) is 4.11.